The fraction of sp³-hybridized carbons (Fsp3) is 0.500. The molecule has 0 saturated heterocycles. The summed E-state index contributed by atoms with van der Waals surface area (Å²) in [5.41, 5.74) is 2.04. The van der Waals surface area contributed by atoms with Crippen LogP contribution in [0.4, 0.5) is 0 Å². The molecule has 1 aromatic rings. The Labute approximate surface area is 89.2 Å². The van der Waals surface area contributed by atoms with E-state index in [0.717, 1.165) is 25.4 Å². The standard InChI is InChI=1S/C10H17N3O2/c1-3-13(4-2)7-8-5-6-9(15-8)10(14)12-11/h5-6H,3-4,7,11H2,1-2H3,(H,12,14)/p+1. The van der Waals surface area contributed by atoms with E-state index in [-0.39, 0.29) is 5.76 Å². The minimum atomic E-state index is -0.393. The van der Waals surface area contributed by atoms with Gasteiger partial charge >= 0.3 is 5.91 Å². The summed E-state index contributed by atoms with van der Waals surface area (Å²) in [5.74, 6) is 5.68. The Morgan fingerprint density at radius 2 is 2.13 bits per heavy atom. The van der Waals surface area contributed by atoms with Crippen LogP contribution in [0.5, 0.6) is 0 Å². The van der Waals surface area contributed by atoms with Gasteiger partial charge < -0.3 is 9.32 Å². The number of rotatable bonds is 5. The van der Waals surface area contributed by atoms with Crippen molar-refractivity contribution in [1.29, 1.82) is 0 Å². The van der Waals surface area contributed by atoms with E-state index in [1.165, 1.54) is 4.90 Å². The number of hydrogen-bond acceptors (Lipinski definition) is 3. The zero-order valence-corrected chi connectivity index (χ0v) is 9.17. The number of nitrogens with two attached hydrogens (primary N) is 1. The van der Waals surface area contributed by atoms with Crippen molar-refractivity contribution in [3.05, 3.63) is 23.7 Å². The molecule has 0 atom stereocenters. The molecule has 4 N–H and O–H groups in total. The second kappa shape index (κ2) is 5.53. The van der Waals surface area contributed by atoms with Gasteiger partial charge in [0.05, 0.1) is 13.1 Å². The smallest absolute Gasteiger partial charge is 0.300 e. The van der Waals surface area contributed by atoms with Gasteiger partial charge in [-0.05, 0) is 26.0 Å². The predicted octanol–water partition coefficient (Wildman–Crippen LogP) is -0.692. The molecule has 0 unspecified atom stereocenters. The van der Waals surface area contributed by atoms with Crippen molar-refractivity contribution in [3.63, 3.8) is 0 Å². The van der Waals surface area contributed by atoms with E-state index in [4.69, 9.17) is 10.3 Å². The molecule has 0 aliphatic carbocycles. The average molecular weight is 212 g/mol. The van der Waals surface area contributed by atoms with Crippen LogP contribution in [0.2, 0.25) is 0 Å². The Morgan fingerprint density at radius 3 is 2.67 bits per heavy atom. The van der Waals surface area contributed by atoms with Crippen LogP contribution in [0.1, 0.15) is 30.2 Å². The highest BCUT2D eigenvalue weighted by Crippen LogP contribution is 2.05. The Balaban J connectivity index is 2.63. The lowest BCUT2D eigenvalue weighted by molar-refractivity contribution is -0.911. The number of quaternary nitrogens is 1. The number of hydrogen-bond donors (Lipinski definition) is 3. The molecular formula is C10H18N3O2+. The molecule has 0 saturated carbocycles. The van der Waals surface area contributed by atoms with Gasteiger partial charge in [-0.2, -0.15) is 0 Å². The molecule has 5 heteroatoms. The lowest BCUT2D eigenvalue weighted by Gasteiger charge is -2.12. The zero-order chi connectivity index (χ0) is 11.3. The Bertz CT molecular complexity index is 318. The van der Waals surface area contributed by atoms with Crippen LogP contribution in [0.3, 0.4) is 0 Å². The van der Waals surface area contributed by atoms with Gasteiger partial charge in [-0.1, -0.05) is 0 Å². The van der Waals surface area contributed by atoms with Gasteiger partial charge in [-0.15, -0.1) is 0 Å². The van der Waals surface area contributed by atoms with Gasteiger partial charge in [-0.25, -0.2) is 5.84 Å². The van der Waals surface area contributed by atoms with Crippen molar-refractivity contribution >= 4 is 5.91 Å². The molecule has 5 nitrogen and oxygen atoms in total. The third kappa shape index (κ3) is 3.07. The maximum atomic E-state index is 11.1. The van der Waals surface area contributed by atoms with E-state index in [1.807, 2.05) is 11.5 Å². The van der Waals surface area contributed by atoms with Gasteiger partial charge in [0.2, 0.25) is 0 Å². The first-order valence-electron chi connectivity index (χ1n) is 5.14. The molecule has 1 amide bonds. The van der Waals surface area contributed by atoms with Crippen LogP contribution in [0.15, 0.2) is 16.5 Å². The number of carbonyl (C=O) groups excluding carboxylic acids is 1. The summed E-state index contributed by atoms with van der Waals surface area (Å²) in [4.78, 5) is 12.5. The largest absolute Gasteiger partial charge is 0.450 e. The lowest BCUT2D eigenvalue weighted by atomic mass is 10.4. The van der Waals surface area contributed by atoms with Gasteiger partial charge in [0.25, 0.3) is 0 Å². The monoisotopic (exact) mass is 212 g/mol. The molecule has 15 heavy (non-hydrogen) atoms. The summed E-state index contributed by atoms with van der Waals surface area (Å²) >= 11 is 0. The first-order valence-corrected chi connectivity index (χ1v) is 5.14. The van der Waals surface area contributed by atoms with Crippen molar-refractivity contribution in [3.8, 4) is 0 Å². The maximum absolute atomic E-state index is 11.1. The summed E-state index contributed by atoms with van der Waals surface area (Å²) < 4.78 is 5.36. The molecule has 84 valence electrons. The van der Waals surface area contributed by atoms with Crippen LogP contribution in [-0.2, 0) is 6.54 Å². The van der Waals surface area contributed by atoms with E-state index >= 15 is 0 Å². The number of amides is 1. The first-order chi connectivity index (χ1) is 7.21. The highest BCUT2D eigenvalue weighted by molar-refractivity contribution is 5.90. The van der Waals surface area contributed by atoms with E-state index in [9.17, 15) is 4.79 Å². The second-order valence-corrected chi connectivity index (χ2v) is 3.37. The molecule has 0 aliphatic rings. The number of nitrogens with one attached hydrogen (secondary N) is 2. The van der Waals surface area contributed by atoms with Crippen LogP contribution in [-0.4, -0.2) is 19.0 Å². The Kier molecular flexibility index (Phi) is 4.33. The van der Waals surface area contributed by atoms with Crippen molar-refractivity contribution in [2.75, 3.05) is 13.1 Å². The Hall–Kier alpha value is -1.33. The predicted molar refractivity (Wildman–Crippen MR) is 56.1 cm³/mol. The van der Waals surface area contributed by atoms with Crippen molar-refractivity contribution in [2.24, 2.45) is 5.84 Å². The van der Waals surface area contributed by atoms with Gasteiger partial charge in [0.1, 0.15) is 6.54 Å². The molecule has 0 radical (unpaired) electrons. The highest BCUT2D eigenvalue weighted by atomic mass is 16.4. The average Bonchev–Trinajstić information content (AvgIpc) is 2.73. The third-order valence-electron chi connectivity index (χ3n) is 2.44. The molecule has 0 fully saturated rings. The maximum Gasteiger partial charge on any atom is 0.300 e. The molecule has 0 aliphatic heterocycles. The first kappa shape index (κ1) is 11.7. The van der Waals surface area contributed by atoms with Gasteiger partial charge in [0, 0.05) is 0 Å². The van der Waals surface area contributed by atoms with Gasteiger partial charge in [0.15, 0.2) is 11.5 Å². The van der Waals surface area contributed by atoms with E-state index in [1.54, 1.807) is 6.07 Å². The van der Waals surface area contributed by atoms with E-state index in [0.29, 0.717) is 0 Å². The van der Waals surface area contributed by atoms with Crippen molar-refractivity contribution in [1.82, 2.24) is 5.43 Å². The number of hydrazine groups is 1. The van der Waals surface area contributed by atoms with Crippen LogP contribution >= 0.6 is 0 Å². The minimum Gasteiger partial charge on any atom is -0.450 e. The number of carbonyl (C=O) groups is 1. The van der Waals surface area contributed by atoms with Crippen LogP contribution < -0.4 is 16.2 Å². The van der Waals surface area contributed by atoms with E-state index < -0.39 is 5.91 Å². The SMILES string of the molecule is CC[NH+](CC)Cc1ccc(C(=O)NN)o1. The topological polar surface area (TPSA) is 72.7 Å². The fourth-order valence-electron chi connectivity index (χ4n) is 1.41. The summed E-state index contributed by atoms with van der Waals surface area (Å²) in [6.07, 6.45) is 0. The summed E-state index contributed by atoms with van der Waals surface area (Å²) in [6.45, 7) is 7.11. The van der Waals surface area contributed by atoms with Gasteiger partial charge in [-0.3, -0.25) is 10.2 Å². The summed E-state index contributed by atoms with van der Waals surface area (Å²) in [7, 11) is 0. The lowest BCUT2D eigenvalue weighted by Crippen LogP contribution is -3.10. The molecule has 1 aromatic heterocycles. The molecular weight excluding hydrogens is 194 g/mol. The second-order valence-electron chi connectivity index (χ2n) is 3.37. The van der Waals surface area contributed by atoms with Crippen LogP contribution in [0, 0.1) is 0 Å². The van der Waals surface area contributed by atoms with Crippen molar-refractivity contribution < 1.29 is 14.1 Å². The van der Waals surface area contributed by atoms with E-state index in [2.05, 4.69) is 13.8 Å². The fourth-order valence-corrected chi connectivity index (χ4v) is 1.41. The molecule has 0 spiro atoms. The number of nitrogen functional groups attached to an aromatic ring is 1. The molecule has 1 heterocycles. The molecule has 0 aromatic carbocycles. The normalized spacial score (nSPS) is 10.7. The third-order valence-corrected chi connectivity index (χ3v) is 2.44. The summed E-state index contributed by atoms with van der Waals surface area (Å²) in [5, 5.41) is 0. The minimum absolute atomic E-state index is 0.263. The number of furan rings is 1. The Morgan fingerprint density at radius 1 is 1.47 bits per heavy atom. The molecule has 0 bridgehead atoms. The molecule has 1 rings (SSSR count). The van der Waals surface area contributed by atoms with Crippen molar-refractivity contribution in [2.45, 2.75) is 20.4 Å². The summed E-state index contributed by atoms with van der Waals surface area (Å²) in [6, 6.07) is 3.45. The van der Waals surface area contributed by atoms with Crippen LogP contribution in [0.25, 0.3) is 0 Å². The zero-order valence-electron chi connectivity index (χ0n) is 9.17. The highest BCUT2D eigenvalue weighted by Gasteiger charge is 2.12. The quantitative estimate of drug-likeness (QED) is 0.343.